The summed E-state index contributed by atoms with van der Waals surface area (Å²) >= 11 is 4.55. The first-order chi connectivity index (χ1) is 25.9. The molecule has 6 aromatic carbocycles. The Balaban J connectivity index is 0.00000266. The minimum atomic E-state index is -2.97. The van der Waals surface area contributed by atoms with Crippen molar-refractivity contribution in [3.8, 4) is 33.4 Å². The Morgan fingerprint density at radius 3 is 1.30 bits per heavy atom. The van der Waals surface area contributed by atoms with Gasteiger partial charge in [0.15, 0.2) is 0 Å². The smallest absolute Gasteiger partial charge is 0.147 e. The van der Waals surface area contributed by atoms with Crippen LogP contribution in [0.2, 0.25) is 0 Å². The van der Waals surface area contributed by atoms with E-state index in [9.17, 15) is 0 Å². The van der Waals surface area contributed by atoms with Crippen LogP contribution in [0.4, 0.5) is 0 Å². The molecule has 2 aliphatic rings. The maximum absolute atomic E-state index is 3.76. The molecule has 0 saturated heterocycles. The molecular formula is C51H48Br2Cl2Zr. The predicted octanol–water partition coefficient (Wildman–Crippen LogP) is 15.8. The SMILES string of the molecule is CC(C)(C)c1cc2c(cc1-c1ccccc1)[CH]([Zr]([C]1=CC=CC1)=[C](c1ccc(Br)cc1)c1ccc(Br)cc1)c1cc(-c3ccccc3)c(C(C)(C)C)cc1-2.Cl.Cl. The summed E-state index contributed by atoms with van der Waals surface area (Å²) < 4.78 is 5.69. The quantitative estimate of drug-likeness (QED) is 0.156. The molecule has 0 heterocycles. The van der Waals surface area contributed by atoms with Crippen molar-refractivity contribution < 1.29 is 21.3 Å². The molecule has 5 heteroatoms. The molecule has 0 atom stereocenters. The van der Waals surface area contributed by atoms with Gasteiger partial charge in [-0.3, -0.25) is 0 Å². The van der Waals surface area contributed by atoms with Crippen LogP contribution in [-0.4, -0.2) is 3.21 Å². The fraction of sp³-hybridized carbons (Fsp3) is 0.196. The number of allylic oxidation sites excluding steroid dienone is 4. The molecule has 0 amide bonds. The summed E-state index contributed by atoms with van der Waals surface area (Å²) in [5.41, 5.74) is 16.5. The molecule has 56 heavy (non-hydrogen) atoms. The van der Waals surface area contributed by atoms with Crippen LogP contribution in [-0.2, 0) is 32.1 Å². The van der Waals surface area contributed by atoms with Crippen LogP contribution < -0.4 is 0 Å². The molecule has 0 bridgehead atoms. The van der Waals surface area contributed by atoms with Gasteiger partial charge >= 0.3 is 349 Å². The Morgan fingerprint density at radius 1 is 0.536 bits per heavy atom. The molecule has 0 aliphatic heterocycles. The van der Waals surface area contributed by atoms with Crippen molar-refractivity contribution in [2.45, 2.75) is 62.4 Å². The van der Waals surface area contributed by atoms with Crippen LogP contribution in [0.1, 0.15) is 85.0 Å². The van der Waals surface area contributed by atoms with Crippen molar-refractivity contribution in [2.24, 2.45) is 0 Å². The molecule has 0 aromatic heterocycles. The molecule has 6 aromatic rings. The zero-order valence-electron chi connectivity index (χ0n) is 32.8. The number of halogens is 4. The predicted molar refractivity (Wildman–Crippen MR) is 250 cm³/mol. The van der Waals surface area contributed by atoms with Gasteiger partial charge in [0, 0.05) is 0 Å². The Kier molecular flexibility index (Phi) is 13.1. The second-order valence-corrected chi connectivity index (χ2v) is 24.9. The Bertz CT molecular complexity index is 2310. The molecule has 0 spiro atoms. The number of hydrogen-bond donors (Lipinski definition) is 0. The van der Waals surface area contributed by atoms with Crippen molar-refractivity contribution >= 4 is 59.9 Å². The summed E-state index contributed by atoms with van der Waals surface area (Å²) in [6.45, 7) is 14.2. The van der Waals surface area contributed by atoms with Gasteiger partial charge in [-0.2, -0.15) is 0 Å². The van der Waals surface area contributed by atoms with Gasteiger partial charge in [-0.25, -0.2) is 0 Å². The Hall–Kier alpha value is -2.91. The second kappa shape index (κ2) is 17.1. The monoisotopic (exact) mass is 978 g/mol. The normalized spacial score (nSPS) is 13.3. The third-order valence-electron chi connectivity index (χ3n) is 11.0. The Labute approximate surface area is 370 Å². The van der Waals surface area contributed by atoms with Gasteiger partial charge in [0.25, 0.3) is 0 Å². The first-order valence-corrected chi connectivity index (χ1v) is 24.4. The fourth-order valence-corrected chi connectivity index (χ4v) is 18.0. The summed E-state index contributed by atoms with van der Waals surface area (Å²) in [7, 11) is 0. The van der Waals surface area contributed by atoms with Crippen LogP contribution in [0.15, 0.2) is 164 Å². The summed E-state index contributed by atoms with van der Waals surface area (Å²) in [5, 5.41) is 0. The van der Waals surface area contributed by atoms with E-state index in [0.29, 0.717) is 0 Å². The van der Waals surface area contributed by atoms with Gasteiger partial charge in [-0.1, -0.05) is 0 Å². The first-order valence-electron chi connectivity index (χ1n) is 19.0. The summed E-state index contributed by atoms with van der Waals surface area (Å²) in [6, 6.07) is 50.9. The van der Waals surface area contributed by atoms with Crippen molar-refractivity contribution in [1.82, 2.24) is 0 Å². The van der Waals surface area contributed by atoms with E-state index < -0.39 is 21.3 Å². The zero-order chi connectivity index (χ0) is 37.8. The number of fused-ring (bicyclic) bond motifs is 3. The third kappa shape index (κ3) is 8.33. The minimum Gasteiger partial charge on any atom is -0.147 e. The number of benzene rings is 6. The maximum Gasteiger partial charge on any atom is -0.147 e. The van der Waals surface area contributed by atoms with E-state index in [-0.39, 0.29) is 39.3 Å². The molecule has 2 aliphatic carbocycles. The van der Waals surface area contributed by atoms with E-state index >= 15 is 0 Å². The average molecular weight is 983 g/mol. The van der Waals surface area contributed by atoms with Gasteiger partial charge in [-0.15, -0.1) is 24.8 Å². The van der Waals surface area contributed by atoms with Crippen molar-refractivity contribution in [1.29, 1.82) is 0 Å². The van der Waals surface area contributed by atoms with E-state index in [1.165, 1.54) is 66.8 Å². The molecule has 0 radical (unpaired) electrons. The van der Waals surface area contributed by atoms with Crippen LogP contribution in [0.25, 0.3) is 33.4 Å². The molecule has 0 nitrogen and oxygen atoms in total. The number of hydrogen-bond acceptors (Lipinski definition) is 0. The third-order valence-corrected chi connectivity index (χ3v) is 20.4. The maximum atomic E-state index is 3.76. The van der Waals surface area contributed by atoms with Gasteiger partial charge in [0.1, 0.15) is 0 Å². The van der Waals surface area contributed by atoms with Crippen LogP contribution in [0, 0.1) is 0 Å². The largest absolute Gasteiger partial charge is 0.147 e. The topological polar surface area (TPSA) is 0 Å². The van der Waals surface area contributed by atoms with Gasteiger partial charge in [0.2, 0.25) is 0 Å². The minimum absolute atomic E-state index is 0. The first kappa shape index (κ1) is 42.7. The van der Waals surface area contributed by atoms with E-state index in [0.717, 1.165) is 15.4 Å². The van der Waals surface area contributed by atoms with E-state index in [4.69, 9.17) is 0 Å². The van der Waals surface area contributed by atoms with Crippen LogP contribution in [0.3, 0.4) is 0 Å². The second-order valence-electron chi connectivity index (χ2n) is 16.8. The molecule has 0 saturated carbocycles. The van der Waals surface area contributed by atoms with E-state index in [1.54, 1.807) is 6.49 Å². The van der Waals surface area contributed by atoms with Crippen LogP contribution >= 0.6 is 56.7 Å². The van der Waals surface area contributed by atoms with Gasteiger partial charge in [-0.05, 0) is 0 Å². The standard InChI is InChI=1S/C33H33.C13H8Br2.C5H5.2ClH.Zr/c1-32(2,3)30-20-26-24(18-28(30)22-13-9-7-10-14-22)17-25-19-29(23-15-11-8-12-16-23)31(21-27(25)26)33(4,5)6;14-12-5-1-10(2-6-12)9-11-3-7-13(15)8-4-11;1-2-4-5-3-1;;;/h7-21H,1-6H3;1-8H;1-3H,4H2;2*1H;. The summed E-state index contributed by atoms with van der Waals surface area (Å²) in [5.74, 6) is 0. The van der Waals surface area contributed by atoms with Crippen LogP contribution in [0.5, 0.6) is 0 Å². The average Bonchev–Trinajstić information content (AvgIpc) is 3.80. The Morgan fingerprint density at radius 2 is 0.946 bits per heavy atom. The summed E-state index contributed by atoms with van der Waals surface area (Å²) in [6.07, 6.45) is 8.18. The van der Waals surface area contributed by atoms with Crippen molar-refractivity contribution in [2.75, 3.05) is 0 Å². The molecule has 0 N–H and O–H groups in total. The van der Waals surface area contributed by atoms with Crippen molar-refractivity contribution in [3.05, 3.63) is 197 Å². The van der Waals surface area contributed by atoms with Gasteiger partial charge in [0.05, 0.1) is 0 Å². The van der Waals surface area contributed by atoms with Gasteiger partial charge < -0.3 is 0 Å². The summed E-state index contributed by atoms with van der Waals surface area (Å²) in [4.78, 5) is 0. The molecule has 8 rings (SSSR count). The molecule has 0 unspecified atom stereocenters. The van der Waals surface area contributed by atoms with Crippen molar-refractivity contribution in [3.63, 3.8) is 0 Å². The number of rotatable bonds is 6. The zero-order valence-corrected chi connectivity index (χ0v) is 40.1. The fourth-order valence-electron chi connectivity index (χ4n) is 8.46. The van der Waals surface area contributed by atoms with E-state index in [2.05, 4.69) is 225 Å². The molecular weight excluding hydrogens is 934 g/mol. The molecule has 0 fully saturated rings. The molecule has 284 valence electrons. The van der Waals surface area contributed by atoms with E-state index in [1.807, 2.05) is 0 Å².